The zero-order valence-corrected chi connectivity index (χ0v) is 10.8. The lowest BCUT2D eigenvalue weighted by atomic mass is 10.1. The zero-order chi connectivity index (χ0) is 14.5. The van der Waals surface area contributed by atoms with E-state index in [4.69, 9.17) is 9.84 Å². The Hall–Kier alpha value is -2.62. The predicted molar refractivity (Wildman–Crippen MR) is 75.4 cm³/mol. The molecule has 0 aliphatic carbocycles. The van der Waals surface area contributed by atoms with Crippen LogP contribution in [0.1, 0.15) is 21.5 Å². The molecule has 0 heterocycles. The van der Waals surface area contributed by atoms with Crippen LogP contribution in [-0.2, 0) is 0 Å². The average Bonchev–Trinajstić information content (AvgIpc) is 2.48. The second kappa shape index (κ2) is 6.02. The van der Waals surface area contributed by atoms with Crippen LogP contribution in [0, 0.1) is 0 Å². The van der Waals surface area contributed by atoms with Crippen molar-refractivity contribution in [1.29, 1.82) is 0 Å². The summed E-state index contributed by atoms with van der Waals surface area (Å²) in [5.74, 6) is -0.915. The smallest absolute Gasteiger partial charge is 0.335 e. The van der Waals surface area contributed by atoms with Gasteiger partial charge in [0.25, 0.3) is 0 Å². The zero-order valence-electron chi connectivity index (χ0n) is 10.8. The molecule has 0 bridgehead atoms. The maximum Gasteiger partial charge on any atom is 0.335 e. The van der Waals surface area contributed by atoms with Crippen LogP contribution >= 0.6 is 0 Å². The van der Waals surface area contributed by atoms with Crippen molar-refractivity contribution in [3.05, 3.63) is 65.2 Å². The summed E-state index contributed by atoms with van der Waals surface area (Å²) in [5, 5.41) is 8.79. The first-order chi connectivity index (χ1) is 9.61. The van der Waals surface area contributed by atoms with Gasteiger partial charge < -0.3 is 9.84 Å². The molecule has 0 saturated heterocycles. The number of ether oxygens (including phenoxy) is 1. The molecule has 0 aromatic heterocycles. The van der Waals surface area contributed by atoms with E-state index in [0.29, 0.717) is 16.9 Å². The van der Waals surface area contributed by atoms with Crippen LogP contribution in [0.5, 0.6) is 5.75 Å². The molecular weight excluding hydrogens is 259 g/mol. The Labute approximate surface area is 115 Å². The van der Waals surface area contributed by atoms with E-state index in [2.05, 4.69) is 0 Å². The number of halogens is 1. The first kappa shape index (κ1) is 13.8. The van der Waals surface area contributed by atoms with Crippen LogP contribution in [0.25, 0.3) is 11.9 Å². The Morgan fingerprint density at radius 1 is 1.10 bits per heavy atom. The third-order valence-electron chi connectivity index (χ3n) is 2.83. The van der Waals surface area contributed by atoms with E-state index in [1.807, 2.05) is 0 Å². The molecular formula is C16H13FO3. The van der Waals surface area contributed by atoms with Crippen LogP contribution in [0.2, 0.25) is 0 Å². The number of aromatic carboxylic acids is 1. The topological polar surface area (TPSA) is 46.5 Å². The van der Waals surface area contributed by atoms with Crippen LogP contribution < -0.4 is 4.74 Å². The van der Waals surface area contributed by atoms with Gasteiger partial charge in [-0.05, 0) is 24.3 Å². The van der Waals surface area contributed by atoms with Crippen LogP contribution in [0.15, 0.2) is 48.5 Å². The van der Waals surface area contributed by atoms with Crippen molar-refractivity contribution in [3.63, 3.8) is 0 Å². The lowest BCUT2D eigenvalue weighted by Crippen LogP contribution is -1.95. The van der Waals surface area contributed by atoms with Gasteiger partial charge >= 0.3 is 5.97 Å². The largest absolute Gasteiger partial charge is 0.496 e. The minimum atomic E-state index is -1.04. The molecule has 20 heavy (non-hydrogen) atoms. The monoisotopic (exact) mass is 272 g/mol. The fourth-order valence-corrected chi connectivity index (χ4v) is 1.78. The van der Waals surface area contributed by atoms with Crippen molar-refractivity contribution >= 4 is 17.9 Å². The number of carbonyl (C=O) groups is 1. The molecule has 0 atom stereocenters. The molecule has 0 aliphatic rings. The Balaban J connectivity index is 2.32. The Morgan fingerprint density at radius 3 is 2.30 bits per heavy atom. The van der Waals surface area contributed by atoms with Gasteiger partial charge in [0.15, 0.2) is 0 Å². The molecule has 0 fully saturated rings. The summed E-state index contributed by atoms with van der Waals surface area (Å²) in [7, 11) is 1.52. The van der Waals surface area contributed by atoms with Gasteiger partial charge in [0.05, 0.1) is 12.7 Å². The van der Waals surface area contributed by atoms with Gasteiger partial charge in [0, 0.05) is 11.1 Å². The van der Waals surface area contributed by atoms with Crippen LogP contribution in [-0.4, -0.2) is 18.2 Å². The molecule has 0 saturated carbocycles. The van der Waals surface area contributed by atoms with E-state index < -0.39 is 11.8 Å². The maximum atomic E-state index is 14.1. The highest BCUT2D eigenvalue weighted by Crippen LogP contribution is 2.25. The molecule has 4 heteroatoms. The maximum absolute atomic E-state index is 14.1. The first-order valence-electron chi connectivity index (χ1n) is 5.96. The van der Waals surface area contributed by atoms with Crippen molar-refractivity contribution in [1.82, 2.24) is 0 Å². The Morgan fingerprint density at radius 2 is 1.70 bits per heavy atom. The van der Waals surface area contributed by atoms with Gasteiger partial charge in [-0.15, -0.1) is 0 Å². The van der Waals surface area contributed by atoms with Gasteiger partial charge in [-0.2, -0.15) is 0 Å². The number of para-hydroxylation sites is 1. The van der Waals surface area contributed by atoms with Gasteiger partial charge in [0.1, 0.15) is 11.6 Å². The number of carboxylic acid groups (broad SMARTS) is 1. The molecule has 0 aliphatic heterocycles. The molecule has 3 nitrogen and oxygen atoms in total. The highest BCUT2D eigenvalue weighted by molar-refractivity contribution is 5.88. The quantitative estimate of drug-likeness (QED) is 0.860. The summed E-state index contributed by atoms with van der Waals surface area (Å²) < 4.78 is 19.3. The minimum Gasteiger partial charge on any atom is -0.496 e. The standard InChI is InChI=1S/C16H13FO3/c1-20-15-5-3-2-4-13(15)10-14(17)11-6-8-12(9-7-11)16(18)19/h2-10H,1H3,(H,18,19)/b14-10+. The predicted octanol–water partition coefficient (Wildman–Crippen LogP) is 3.86. The van der Waals surface area contributed by atoms with Crippen molar-refractivity contribution in [2.24, 2.45) is 0 Å². The summed E-state index contributed by atoms with van der Waals surface area (Å²) in [6.45, 7) is 0. The van der Waals surface area contributed by atoms with E-state index >= 15 is 0 Å². The average molecular weight is 272 g/mol. The Kier molecular flexibility index (Phi) is 4.15. The summed E-state index contributed by atoms with van der Waals surface area (Å²) in [6.07, 6.45) is 1.36. The van der Waals surface area contributed by atoms with Gasteiger partial charge in [0.2, 0.25) is 0 Å². The summed E-state index contributed by atoms with van der Waals surface area (Å²) in [4.78, 5) is 10.7. The summed E-state index contributed by atoms with van der Waals surface area (Å²) >= 11 is 0. The summed E-state index contributed by atoms with van der Waals surface area (Å²) in [6, 6.07) is 12.7. The number of benzene rings is 2. The van der Waals surface area contributed by atoms with E-state index in [1.54, 1.807) is 24.3 Å². The van der Waals surface area contributed by atoms with Crippen molar-refractivity contribution in [3.8, 4) is 5.75 Å². The molecule has 1 N–H and O–H groups in total. The third-order valence-corrected chi connectivity index (χ3v) is 2.83. The molecule has 2 aromatic rings. The lowest BCUT2D eigenvalue weighted by molar-refractivity contribution is 0.0697. The highest BCUT2D eigenvalue weighted by atomic mass is 19.1. The molecule has 102 valence electrons. The number of methoxy groups -OCH3 is 1. The number of hydrogen-bond donors (Lipinski definition) is 1. The lowest BCUT2D eigenvalue weighted by Gasteiger charge is -2.05. The highest BCUT2D eigenvalue weighted by Gasteiger charge is 2.06. The van der Waals surface area contributed by atoms with E-state index in [-0.39, 0.29) is 5.56 Å². The van der Waals surface area contributed by atoms with E-state index in [0.717, 1.165) is 0 Å². The first-order valence-corrected chi connectivity index (χ1v) is 5.96. The van der Waals surface area contributed by atoms with Crippen LogP contribution in [0.3, 0.4) is 0 Å². The van der Waals surface area contributed by atoms with E-state index in [1.165, 1.54) is 37.5 Å². The molecule has 0 radical (unpaired) electrons. The van der Waals surface area contributed by atoms with E-state index in [9.17, 15) is 9.18 Å². The minimum absolute atomic E-state index is 0.124. The van der Waals surface area contributed by atoms with Crippen molar-refractivity contribution in [2.45, 2.75) is 0 Å². The number of hydrogen-bond acceptors (Lipinski definition) is 2. The van der Waals surface area contributed by atoms with Crippen molar-refractivity contribution < 1.29 is 19.0 Å². The van der Waals surface area contributed by atoms with Gasteiger partial charge in [-0.1, -0.05) is 30.3 Å². The van der Waals surface area contributed by atoms with Crippen LogP contribution in [0.4, 0.5) is 4.39 Å². The SMILES string of the molecule is COc1ccccc1/C=C(/F)c1ccc(C(=O)O)cc1. The third kappa shape index (κ3) is 3.03. The fourth-order valence-electron chi connectivity index (χ4n) is 1.78. The van der Waals surface area contributed by atoms with Crippen molar-refractivity contribution in [2.75, 3.05) is 7.11 Å². The molecule has 0 unspecified atom stereocenters. The normalized spacial score (nSPS) is 11.2. The summed E-state index contributed by atoms with van der Waals surface area (Å²) in [5.41, 5.74) is 1.06. The number of carboxylic acids is 1. The molecule has 0 spiro atoms. The second-order valence-electron chi connectivity index (χ2n) is 4.12. The van der Waals surface area contributed by atoms with Gasteiger partial charge in [-0.3, -0.25) is 0 Å². The molecule has 2 rings (SSSR count). The number of rotatable bonds is 4. The second-order valence-corrected chi connectivity index (χ2v) is 4.12. The van der Waals surface area contributed by atoms with Gasteiger partial charge in [-0.25, -0.2) is 9.18 Å². The molecule has 0 amide bonds. The molecule has 2 aromatic carbocycles. The fraction of sp³-hybridized carbons (Fsp3) is 0.0625. The Bertz CT molecular complexity index is 645.